The number of hydrogen-bond acceptors (Lipinski definition) is 1. The molecule has 0 aliphatic rings. The maximum atomic E-state index is 6.03. The Hall–Kier alpha value is 0.134. The molecule has 0 fully saturated rings. The molecule has 0 atom stereocenters. The lowest BCUT2D eigenvalue weighted by Crippen LogP contribution is -2.34. The summed E-state index contributed by atoms with van der Waals surface area (Å²) < 4.78 is 6.03. The summed E-state index contributed by atoms with van der Waals surface area (Å²) in [7, 11) is -1.80. The Labute approximate surface area is 86.1 Å². The van der Waals surface area contributed by atoms with E-state index in [1.165, 1.54) is 18.9 Å². The van der Waals surface area contributed by atoms with Crippen LogP contribution in [0.5, 0.6) is 0 Å². The van der Waals surface area contributed by atoms with Crippen LogP contribution in [0.3, 0.4) is 0 Å². The zero-order valence-corrected chi connectivity index (χ0v) is 11.5. The lowest BCUT2D eigenvalue weighted by atomic mass is 10.2. The second-order valence-electron chi connectivity index (χ2n) is 4.30. The fraction of sp³-hybridized carbons (Fsp3) is 0.800. The van der Waals surface area contributed by atoms with Crippen LogP contribution in [0.1, 0.15) is 19.3 Å². The molecule has 0 unspecified atom stereocenters. The summed E-state index contributed by atoms with van der Waals surface area (Å²) in [6, 6.07) is 1.30. The Bertz CT molecular complexity index is 144. The minimum atomic E-state index is -1.31. The molecule has 0 saturated heterocycles. The fourth-order valence-corrected chi connectivity index (χ4v) is 7.37. The van der Waals surface area contributed by atoms with Crippen molar-refractivity contribution in [1.82, 2.24) is 0 Å². The summed E-state index contributed by atoms with van der Waals surface area (Å²) in [4.78, 5) is 0. The second kappa shape index (κ2) is 6.57. The standard InChI is InChI=1S/C10H23OSi2/c1-6-7-8-9-10-13(4,5)11-12(2)3/h6H,1,7-10H2,2-5H3. The highest BCUT2D eigenvalue weighted by atomic mass is 28.4. The van der Waals surface area contributed by atoms with Gasteiger partial charge in [-0.3, -0.25) is 0 Å². The lowest BCUT2D eigenvalue weighted by molar-refractivity contribution is 0.563. The smallest absolute Gasteiger partial charge is 0.191 e. The van der Waals surface area contributed by atoms with Gasteiger partial charge in [0.1, 0.15) is 0 Å². The average Bonchev–Trinajstić information content (AvgIpc) is 1.95. The van der Waals surface area contributed by atoms with Crippen LogP contribution >= 0.6 is 0 Å². The predicted octanol–water partition coefficient (Wildman–Crippen LogP) is 3.82. The molecule has 0 heterocycles. The summed E-state index contributed by atoms with van der Waals surface area (Å²) in [6.45, 7) is 12.8. The first-order valence-electron chi connectivity index (χ1n) is 5.08. The van der Waals surface area contributed by atoms with Crippen molar-refractivity contribution in [2.24, 2.45) is 0 Å². The first kappa shape index (κ1) is 13.1. The third-order valence-electron chi connectivity index (χ3n) is 1.92. The topological polar surface area (TPSA) is 9.23 Å². The van der Waals surface area contributed by atoms with Gasteiger partial charge in [0.2, 0.25) is 0 Å². The third-order valence-corrected chi connectivity index (χ3v) is 7.32. The van der Waals surface area contributed by atoms with Crippen LogP contribution < -0.4 is 0 Å². The van der Waals surface area contributed by atoms with E-state index in [2.05, 4.69) is 32.8 Å². The quantitative estimate of drug-likeness (QED) is 0.356. The fourth-order valence-electron chi connectivity index (χ4n) is 1.44. The summed E-state index contributed by atoms with van der Waals surface area (Å²) in [6.07, 6.45) is 5.74. The van der Waals surface area contributed by atoms with Gasteiger partial charge in [-0.2, -0.15) is 0 Å². The molecule has 0 amide bonds. The number of rotatable bonds is 7. The second-order valence-corrected chi connectivity index (χ2v) is 11.0. The van der Waals surface area contributed by atoms with E-state index in [0.29, 0.717) is 0 Å². The van der Waals surface area contributed by atoms with Crippen LogP contribution in [-0.2, 0) is 4.12 Å². The Morgan fingerprint density at radius 1 is 1.31 bits per heavy atom. The highest BCUT2D eigenvalue weighted by molar-refractivity contribution is 6.77. The van der Waals surface area contributed by atoms with Gasteiger partial charge in [0.25, 0.3) is 0 Å². The molecule has 0 aromatic rings. The molecule has 0 aromatic carbocycles. The Morgan fingerprint density at radius 2 is 1.92 bits per heavy atom. The molecule has 0 N–H and O–H groups in total. The van der Waals surface area contributed by atoms with E-state index < -0.39 is 17.4 Å². The Balaban J connectivity index is 3.56. The van der Waals surface area contributed by atoms with Gasteiger partial charge < -0.3 is 4.12 Å². The molecule has 1 radical (unpaired) electrons. The van der Waals surface area contributed by atoms with Crippen molar-refractivity contribution >= 4 is 17.4 Å². The molecule has 13 heavy (non-hydrogen) atoms. The molecule has 0 bridgehead atoms. The van der Waals surface area contributed by atoms with Crippen molar-refractivity contribution in [1.29, 1.82) is 0 Å². The maximum absolute atomic E-state index is 6.03. The normalized spacial score (nSPS) is 12.1. The van der Waals surface area contributed by atoms with Crippen molar-refractivity contribution in [3.05, 3.63) is 12.7 Å². The monoisotopic (exact) mass is 215 g/mol. The van der Waals surface area contributed by atoms with Crippen LogP contribution in [0, 0.1) is 0 Å². The molecule has 77 valence electrons. The zero-order chi connectivity index (χ0) is 10.3. The summed E-state index contributed by atoms with van der Waals surface area (Å²) in [5, 5.41) is 0. The highest BCUT2D eigenvalue weighted by Gasteiger charge is 2.22. The van der Waals surface area contributed by atoms with Crippen molar-refractivity contribution in [3.8, 4) is 0 Å². The lowest BCUT2D eigenvalue weighted by Gasteiger charge is -2.25. The van der Waals surface area contributed by atoms with Crippen LogP contribution in [0.2, 0.25) is 32.2 Å². The Morgan fingerprint density at radius 3 is 2.38 bits per heavy atom. The van der Waals surface area contributed by atoms with E-state index in [9.17, 15) is 0 Å². The summed E-state index contributed by atoms with van der Waals surface area (Å²) >= 11 is 0. The van der Waals surface area contributed by atoms with Gasteiger partial charge in [-0.25, -0.2) is 0 Å². The molecular formula is C10H23OSi2. The Kier molecular flexibility index (Phi) is 6.63. The van der Waals surface area contributed by atoms with E-state index in [4.69, 9.17) is 4.12 Å². The van der Waals surface area contributed by atoms with E-state index >= 15 is 0 Å². The van der Waals surface area contributed by atoms with E-state index in [1.54, 1.807) is 0 Å². The zero-order valence-electron chi connectivity index (χ0n) is 9.52. The van der Waals surface area contributed by atoms with Crippen molar-refractivity contribution in [2.45, 2.75) is 51.5 Å². The minimum Gasteiger partial charge on any atom is -0.456 e. The van der Waals surface area contributed by atoms with Crippen LogP contribution in [0.4, 0.5) is 0 Å². The SMILES string of the molecule is C=CCCCC[Si](C)(C)O[Si](C)C. The van der Waals surface area contributed by atoms with E-state index in [0.717, 1.165) is 6.42 Å². The third kappa shape index (κ3) is 8.46. The molecular weight excluding hydrogens is 192 g/mol. The molecule has 0 saturated carbocycles. The van der Waals surface area contributed by atoms with Gasteiger partial charge in [0, 0.05) is 0 Å². The van der Waals surface area contributed by atoms with Crippen LogP contribution in [-0.4, -0.2) is 17.4 Å². The molecule has 0 aliphatic carbocycles. The average molecular weight is 215 g/mol. The van der Waals surface area contributed by atoms with Gasteiger partial charge in [0.05, 0.1) is 0 Å². The summed E-state index contributed by atoms with van der Waals surface area (Å²) in [5.41, 5.74) is 0. The number of hydrogen-bond donors (Lipinski definition) is 0. The van der Waals surface area contributed by atoms with Gasteiger partial charge in [-0.1, -0.05) is 18.9 Å². The maximum Gasteiger partial charge on any atom is 0.191 e. The van der Waals surface area contributed by atoms with Gasteiger partial charge in [-0.15, -0.1) is 6.58 Å². The number of unbranched alkanes of at least 4 members (excludes halogenated alkanes) is 2. The van der Waals surface area contributed by atoms with Crippen LogP contribution in [0.25, 0.3) is 0 Å². The molecule has 1 nitrogen and oxygen atoms in total. The first-order chi connectivity index (χ1) is 5.98. The molecule has 3 heteroatoms. The van der Waals surface area contributed by atoms with Gasteiger partial charge >= 0.3 is 0 Å². The van der Waals surface area contributed by atoms with E-state index in [1.807, 2.05) is 6.08 Å². The van der Waals surface area contributed by atoms with E-state index in [-0.39, 0.29) is 0 Å². The highest BCUT2D eigenvalue weighted by Crippen LogP contribution is 2.17. The first-order valence-corrected chi connectivity index (χ1v) is 10.6. The predicted molar refractivity (Wildman–Crippen MR) is 64.9 cm³/mol. The molecule has 0 aliphatic heterocycles. The van der Waals surface area contributed by atoms with Crippen molar-refractivity contribution in [3.63, 3.8) is 0 Å². The molecule has 0 aromatic heterocycles. The van der Waals surface area contributed by atoms with Gasteiger partial charge in [-0.05, 0) is 38.7 Å². The van der Waals surface area contributed by atoms with Gasteiger partial charge in [0.15, 0.2) is 17.4 Å². The van der Waals surface area contributed by atoms with Crippen LogP contribution in [0.15, 0.2) is 12.7 Å². The molecule has 0 spiro atoms. The van der Waals surface area contributed by atoms with Crippen molar-refractivity contribution < 1.29 is 4.12 Å². The number of allylic oxidation sites excluding steroid dienone is 1. The summed E-state index contributed by atoms with van der Waals surface area (Å²) in [5.74, 6) is 0. The molecule has 0 rings (SSSR count). The van der Waals surface area contributed by atoms with Crippen molar-refractivity contribution in [2.75, 3.05) is 0 Å². The minimum absolute atomic E-state index is 0.492. The largest absolute Gasteiger partial charge is 0.456 e.